The van der Waals surface area contributed by atoms with Crippen LogP contribution in [0.4, 0.5) is 5.82 Å². The van der Waals surface area contributed by atoms with Gasteiger partial charge in [-0.15, -0.1) is 0 Å². The number of nitrogens with zero attached hydrogens (tertiary/aromatic N) is 1. The Labute approximate surface area is 220 Å². The van der Waals surface area contributed by atoms with Crippen molar-refractivity contribution in [2.24, 2.45) is 0 Å². The monoisotopic (exact) mass is 523 g/mol. The molecule has 0 unspecified atom stereocenters. The predicted octanol–water partition coefficient (Wildman–Crippen LogP) is 2.79. The highest BCUT2D eigenvalue weighted by molar-refractivity contribution is 5.87. The number of ether oxygens (including phenoxy) is 3. The van der Waals surface area contributed by atoms with Crippen molar-refractivity contribution < 1.29 is 28.5 Å². The molecule has 1 aromatic carbocycles. The number of hydrogen-bond acceptors (Lipinski definition) is 10. The highest BCUT2D eigenvalue weighted by Gasteiger charge is 2.63. The topological polar surface area (TPSA) is 149 Å². The molecule has 0 spiro atoms. The summed E-state index contributed by atoms with van der Waals surface area (Å²) in [6, 6.07) is 6.64. The Morgan fingerprint density at radius 3 is 2.84 bits per heavy atom. The van der Waals surface area contributed by atoms with E-state index in [1.807, 2.05) is 33.0 Å². The number of phenols is 1. The minimum Gasteiger partial charge on any atom is -0.507 e. The van der Waals surface area contributed by atoms with Gasteiger partial charge in [-0.2, -0.15) is 0 Å². The first-order valence-corrected chi connectivity index (χ1v) is 12.8. The standard InChI is InChI=1S/C28H33N3O7/c1-15-11-18(32)24-20(35-15)14-19-17(25(24)33)13-22(27(2,3)37-19)36-26(34)28(8-10-30-4)21(38-28)6-5-16-7-9-31-23(29)12-16/h7,9,11-12,14,21-22,30,33H,5-6,8,10,13H2,1-4H3,(H2,29,31)/t21-,22-,28+/m1/s1. The molecule has 0 bridgehead atoms. The fraction of sp³-hybridized carbons (Fsp3) is 0.464. The van der Waals surface area contributed by atoms with Gasteiger partial charge in [0, 0.05) is 36.7 Å². The molecule has 5 rings (SSSR count). The maximum absolute atomic E-state index is 13.6. The third-order valence-electron chi connectivity index (χ3n) is 7.42. The molecular weight excluding hydrogens is 490 g/mol. The van der Waals surface area contributed by atoms with E-state index in [1.54, 1.807) is 19.2 Å². The first kappa shape index (κ1) is 26.0. The molecule has 38 heavy (non-hydrogen) atoms. The van der Waals surface area contributed by atoms with Crippen molar-refractivity contribution in [3.8, 4) is 11.5 Å². The number of fused-ring (bicyclic) bond motifs is 2. The first-order valence-electron chi connectivity index (χ1n) is 12.8. The van der Waals surface area contributed by atoms with Crippen LogP contribution in [0.25, 0.3) is 11.0 Å². The number of phenolic OH excluding ortho intramolecular Hbond substituents is 1. The Hall–Kier alpha value is -3.63. The second-order valence-electron chi connectivity index (χ2n) is 10.6. The minimum atomic E-state index is -1.07. The molecule has 4 N–H and O–H groups in total. The summed E-state index contributed by atoms with van der Waals surface area (Å²) in [4.78, 5) is 30.2. The third-order valence-corrected chi connectivity index (χ3v) is 7.42. The second kappa shape index (κ2) is 9.59. The smallest absolute Gasteiger partial charge is 0.341 e. The van der Waals surface area contributed by atoms with Crippen LogP contribution in [0, 0.1) is 6.92 Å². The van der Waals surface area contributed by atoms with E-state index >= 15 is 0 Å². The number of anilines is 1. The van der Waals surface area contributed by atoms with Crippen molar-refractivity contribution in [2.75, 3.05) is 19.3 Å². The number of carbonyl (C=O) groups excluding carboxylic acids is 1. The molecule has 4 heterocycles. The highest BCUT2D eigenvalue weighted by Crippen LogP contribution is 2.46. The number of rotatable bonds is 8. The van der Waals surface area contributed by atoms with Crippen LogP contribution in [0.2, 0.25) is 0 Å². The number of aromatic nitrogens is 1. The van der Waals surface area contributed by atoms with Crippen LogP contribution in [0.1, 0.15) is 43.6 Å². The number of benzene rings is 1. The van der Waals surface area contributed by atoms with Crippen LogP contribution in [-0.2, 0) is 27.1 Å². The first-order chi connectivity index (χ1) is 18.0. The maximum Gasteiger partial charge on any atom is 0.341 e. The van der Waals surface area contributed by atoms with Crippen LogP contribution in [-0.4, -0.2) is 53.1 Å². The van der Waals surface area contributed by atoms with Gasteiger partial charge in [0.25, 0.3) is 0 Å². The summed E-state index contributed by atoms with van der Waals surface area (Å²) in [7, 11) is 1.82. The predicted molar refractivity (Wildman–Crippen MR) is 140 cm³/mol. The molecule has 0 amide bonds. The Bertz CT molecular complexity index is 1450. The lowest BCUT2D eigenvalue weighted by Crippen LogP contribution is -2.50. The summed E-state index contributed by atoms with van der Waals surface area (Å²) >= 11 is 0. The van der Waals surface area contributed by atoms with Gasteiger partial charge in [0.15, 0.2) is 11.0 Å². The van der Waals surface area contributed by atoms with E-state index < -0.39 is 23.3 Å². The Morgan fingerprint density at radius 2 is 2.11 bits per heavy atom. The lowest BCUT2D eigenvalue weighted by molar-refractivity contribution is -0.167. The number of epoxide rings is 1. The van der Waals surface area contributed by atoms with Crippen LogP contribution in [0.5, 0.6) is 11.5 Å². The van der Waals surface area contributed by atoms with Crippen molar-refractivity contribution >= 4 is 22.8 Å². The van der Waals surface area contributed by atoms with Gasteiger partial charge in [0.1, 0.15) is 45.8 Å². The van der Waals surface area contributed by atoms with E-state index in [-0.39, 0.29) is 34.7 Å². The van der Waals surface area contributed by atoms with Crippen molar-refractivity contribution in [3.63, 3.8) is 0 Å². The van der Waals surface area contributed by atoms with Gasteiger partial charge >= 0.3 is 5.97 Å². The van der Waals surface area contributed by atoms with Gasteiger partial charge in [0.2, 0.25) is 0 Å². The number of aryl methyl sites for hydroxylation is 2. The molecular formula is C28H33N3O7. The Morgan fingerprint density at radius 1 is 1.32 bits per heavy atom. The van der Waals surface area contributed by atoms with Crippen molar-refractivity contribution in [2.45, 2.75) is 69.9 Å². The molecule has 2 aliphatic heterocycles. The molecule has 3 aromatic rings. The van der Waals surface area contributed by atoms with Crippen LogP contribution in [0.15, 0.2) is 39.7 Å². The molecule has 10 heteroatoms. The number of pyridine rings is 1. The fourth-order valence-electron chi connectivity index (χ4n) is 5.19. The molecule has 1 saturated heterocycles. The van der Waals surface area contributed by atoms with Crippen molar-refractivity contribution in [1.82, 2.24) is 10.3 Å². The van der Waals surface area contributed by atoms with Crippen molar-refractivity contribution in [3.05, 3.63) is 57.6 Å². The summed E-state index contributed by atoms with van der Waals surface area (Å²) in [6.07, 6.45) is 2.56. The lowest BCUT2D eigenvalue weighted by atomic mass is 9.89. The van der Waals surface area contributed by atoms with Crippen LogP contribution in [0.3, 0.4) is 0 Å². The van der Waals surface area contributed by atoms with Gasteiger partial charge in [-0.3, -0.25) is 4.79 Å². The number of aromatic hydroxyl groups is 1. The number of nitrogen functional groups attached to an aromatic ring is 1. The average molecular weight is 524 g/mol. The highest BCUT2D eigenvalue weighted by atomic mass is 16.7. The van der Waals surface area contributed by atoms with E-state index in [9.17, 15) is 14.7 Å². The van der Waals surface area contributed by atoms with Crippen molar-refractivity contribution in [1.29, 1.82) is 0 Å². The Balaban J connectivity index is 1.37. The maximum atomic E-state index is 13.6. The zero-order valence-electron chi connectivity index (χ0n) is 22.0. The van der Waals surface area contributed by atoms with Crippen LogP contribution >= 0.6 is 0 Å². The molecule has 0 aliphatic carbocycles. The molecule has 2 aromatic heterocycles. The molecule has 2 aliphatic rings. The van der Waals surface area contributed by atoms with E-state index in [0.717, 1.165) is 5.56 Å². The largest absolute Gasteiger partial charge is 0.507 e. The summed E-state index contributed by atoms with van der Waals surface area (Å²) in [5, 5.41) is 14.1. The molecule has 0 radical (unpaired) electrons. The number of nitrogens with two attached hydrogens (primary N) is 1. The SMILES string of the molecule is CNCC[C@]1(C(=O)O[C@@H]2Cc3c(cc4oc(C)cc(=O)c4c3O)OC2(C)C)O[C@@H]1CCc1ccnc(N)c1. The quantitative estimate of drug-likeness (QED) is 0.297. The van der Waals surface area contributed by atoms with Gasteiger partial charge in [-0.05, 0) is 64.9 Å². The molecule has 10 nitrogen and oxygen atoms in total. The second-order valence-corrected chi connectivity index (χ2v) is 10.6. The summed E-state index contributed by atoms with van der Waals surface area (Å²) in [5.41, 5.74) is 5.13. The zero-order valence-corrected chi connectivity index (χ0v) is 22.0. The molecule has 1 fully saturated rings. The summed E-state index contributed by atoms with van der Waals surface area (Å²) in [5.74, 6) is 0.589. The van der Waals surface area contributed by atoms with Gasteiger partial charge in [-0.25, -0.2) is 9.78 Å². The van der Waals surface area contributed by atoms with E-state index in [4.69, 9.17) is 24.4 Å². The number of carbonyl (C=O) groups is 1. The number of hydrogen-bond donors (Lipinski definition) is 3. The minimum absolute atomic E-state index is 0.0792. The van der Waals surface area contributed by atoms with E-state index in [2.05, 4.69) is 10.3 Å². The molecule has 0 saturated carbocycles. The van der Waals surface area contributed by atoms with Gasteiger partial charge < -0.3 is 34.8 Å². The zero-order chi connectivity index (χ0) is 27.2. The Kier molecular flexibility index (Phi) is 6.56. The third kappa shape index (κ3) is 4.69. The summed E-state index contributed by atoms with van der Waals surface area (Å²) < 4.78 is 23.9. The summed E-state index contributed by atoms with van der Waals surface area (Å²) in [6.45, 7) is 5.88. The van der Waals surface area contributed by atoms with Crippen LogP contribution < -0.4 is 21.2 Å². The number of nitrogens with one attached hydrogen (secondary N) is 1. The molecule has 3 atom stereocenters. The lowest BCUT2D eigenvalue weighted by Gasteiger charge is -2.39. The average Bonchev–Trinajstić information content (AvgIpc) is 3.56. The normalized spacial score (nSPS) is 23.5. The molecule has 202 valence electrons. The van der Waals surface area contributed by atoms with Gasteiger partial charge in [0.05, 0.1) is 6.10 Å². The van der Waals surface area contributed by atoms with E-state index in [0.29, 0.717) is 48.7 Å². The number of esters is 1. The van der Waals surface area contributed by atoms with Gasteiger partial charge in [-0.1, -0.05) is 0 Å². The fourth-order valence-corrected chi connectivity index (χ4v) is 5.19. The van der Waals surface area contributed by atoms with E-state index in [1.165, 1.54) is 6.07 Å².